The maximum atomic E-state index is 11.1. The molecule has 0 saturated carbocycles. The van der Waals surface area contributed by atoms with Crippen molar-refractivity contribution in [2.75, 3.05) is 13.7 Å². The van der Waals surface area contributed by atoms with E-state index >= 15 is 0 Å². The number of carbonyl (C=O) groups is 1. The molecule has 0 aliphatic rings. The van der Waals surface area contributed by atoms with Gasteiger partial charge in [-0.2, -0.15) is 0 Å². The number of hydrogen-bond donors (Lipinski definition) is 1. The summed E-state index contributed by atoms with van der Waals surface area (Å²) >= 11 is 6.02. The van der Waals surface area contributed by atoms with Crippen LogP contribution in [0.1, 0.15) is 32.8 Å². The molecule has 20 heavy (non-hydrogen) atoms. The van der Waals surface area contributed by atoms with Gasteiger partial charge in [0.05, 0.1) is 20.1 Å². The minimum absolute atomic E-state index is 0.00556. The maximum Gasteiger partial charge on any atom is 0.308 e. The average molecular weight is 300 g/mol. The van der Waals surface area contributed by atoms with Crippen LogP contribution in [0.25, 0.3) is 0 Å². The Morgan fingerprint density at radius 2 is 2.05 bits per heavy atom. The van der Waals surface area contributed by atoms with Gasteiger partial charge in [-0.25, -0.2) is 0 Å². The Hall–Kier alpha value is -1.26. The normalized spacial score (nSPS) is 11.2. The van der Waals surface area contributed by atoms with Crippen LogP contribution < -0.4 is 10.1 Å². The first-order chi connectivity index (χ1) is 9.31. The number of benzene rings is 1. The van der Waals surface area contributed by atoms with Crippen molar-refractivity contribution >= 4 is 17.6 Å². The summed E-state index contributed by atoms with van der Waals surface area (Å²) in [5.74, 6) is 0.448. The van der Waals surface area contributed by atoms with Gasteiger partial charge in [-0.3, -0.25) is 4.79 Å². The molecule has 0 aromatic heterocycles. The molecular weight excluding hydrogens is 278 g/mol. The fourth-order valence-electron chi connectivity index (χ4n) is 1.53. The molecule has 1 aromatic carbocycles. The van der Waals surface area contributed by atoms with Crippen molar-refractivity contribution in [1.82, 2.24) is 5.32 Å². The summed E-state index contributed by atoms with van der Waals surface area (Å²) in [4.78, 5) is 11.1. The van der Waals surface area contributed by atoms with Crippen LogP contribution in [-0.2, 0) is 16.1 Å². The number of nitrogens with one attached hydrogen (secondary N) is 1. The molecule has 1 N–H and O–H groups in total. The lowest BCUT2D eigenvalue weighted by atomic mass is 10.1. The van der Waals surface area contributed by atoms with E-state index < -0.39 is 0 Å². The van der Waals surface area contributed by atoms with E-state index in [9.17, 15) is 4.79 Å². The minimum atomic E-state index is -0.284. The standard InChI is InChI=1S/C15H22ClNO3/c1-15(2,3)17-10-11-9-12(16)5-6-13(11)20-8-7-14(18)19-4/h5-6,9,17H,7-8,10H2,1-4H3. The second-order valence-electron chi connectivity index (χ2n) is 5.53. The summed E-state index contributed by atoms with van der Waals surface area (Å²) < 4.78 is 10.2. The molecule has 1 aromatic rings. The highest BCUT2D eigenvalue weighted by Gasteiger charge is 2.12. The lowest BCUT2D eigenvalue weighted by molar-refractivity contribution is -0.141. The van der Waals surface area contributed by atoms with Crippen LogP contribution >= 0.6 is 11.6 Å². The third kappa shape index (κ3) is 6.26. The number of methoxy groups -OCH3 is 1. The molecule has 0 amide bonds. The van der Waals surface area contributed by atoms with Crippen LogP contribution in [0.5, 0.6) is 5.75 Å². The smallest absolute Gasteiger partial charge is 0.308 e. The first kappa shape index (κ1) is 16.8. The predicted molar refractivity (Wildman–Crippen MR) is 80.2 cm³/mol. The SMILES string of the molecule is COC(=O)CCOc1ccc(Cl)cc1CNC(C)(C)C. The van der Waals surface area contributed by atoms with E-state index in [1.165, 1.54) is 7.11 Å². The zero-order chi connectivity index (χ0) is 15.2. The number of ether oxygens (including phenoxy) is 2. The van der Waals surface area contributed by atoms with E-state index in [2.05, 4.69) is 30.8 Å². The van der Waals surface area contributed by atoms with Crippen molar-refractivity contribution in [2.24, 2.45) is 0 Å². The molecule has 112 valence electrons. The Labute approximate surface area is 125 Å². The van der Waals surface area contributed by atoms with Crippen LogP contribution in [-0.4, -0.2) is 25.2 Å². The Kier molecular flexibility index (Phi) is 6.30. The highest BCUT2D eigenvalue weighted by molar-refractivity contribution is 6.30. The van der Waals surface area contributed by atoms with Gasteiger partial charge in [0.25, 0.3) is 0 Å². The molecule has 0 fully saturated rings. The molecule has 0 radical (unpaired) electrons. The molecule has 0 heterocycles. The lowest BCUT2D eigenvalue weighted by Gasteiger charge is -2.21. The molecular formula is C15H22ClNO3. The van der Waals surface area contributed by atoms with E-state index in [0.717, 1.165) is 11.3 Å². The summed E-state index contributed by atoms with van der Waals surface area (Å²) in [7, 11) is 1.36. The third-order valence-corrected chi connectivity index (χ3v) is 2.86. The molecule has 0 aliphatic heterocycles. The van der Waals surface area contributed by atoms with E-state index in [-0.39, 0.29) is 24.5 Å². The van der Waals surface area contributed by atoms with Crippen LogP contribution in [0.2, 0.25) is 5.02 Å². The van der Waals surface area contributed by atoms with Gasteiger partial charge in [0.15, 0.2) is 0 Å². The second kappa shape index (κ2) is 7.50. The fourth-order valence-corrected chi connectivity index (χ4v) is 1.73. The van der Waals surface area contributed by atoms with Gasteiger partial charge in [0.2, 0.25) is 0 Å². The molecule has 0 saturated heterocycles. The van der Waals surface area contributed by atoms with Crippen molar-refractivity contribution in [3.05, 3.63) is 28.8 Å². The molecule has 0 aliphatic carbocycles. The van der Waals surface area contributed by atoms with Crippen molar-refractivity contribution in [3.8, 4) is 5.75 Å². The first-order valence-electron chi connectivity index (χ1n) is 6.55. The van der Waals surface area contributed by atoms with Crippen LogP contribution in [0, 0.1) is 0 Å². The second-order valence-corrected chi connectivity index (χ2v) is 5.97. The number of esters is 1. The summed E-state index contributed by atoms with van der Waals surface area (Å²) in [5.41, 5.74) is 0.975. The van der Waals surface area contributed by atoms with Crippen LogP contribution in [0.15, 0.2) is 18.2 Å². The number of hydrogen-bond acceptors (Lipinski definition) is 4. The Morgan fingerprint density at radius 1 is 1.35 bits per heavy atom. The molecule has 4 nitrogen and oxygen atoms in total. The van der Waals surface area contributed by atoms with E-state index in [1.807, 2.05) is 12.1 Å². The Morgan fingerprint density at radius 3 is 2.65 bits per heavy atom. The topological polar surface area (TPSA) is 47.6 Å². The van der Waals surface area contributed by atoms with Gasteiger partial charge >= 0.3 is 5.97 Å². The number of rotatable bonds is 6. The van der Waals surface area contributed by atoms with E-state index in [1.54, 1.807) is 6.07 Å². The van der Waals surface area contributed by atoms with Gasteiger partial charge in [-0.05, 0) is 39.0 Å². The summed E-state index contributed by atoms with van der Waals surface area (Å²) in [6.45, 7) is 7.22. The quantitative estimate of drug-likeness (QED) is 0.820. The first-order valence-corrected chi connectivity index (χ1v) is 6.92. The third-order valence-electron chi connectivity index (χ3n) is 2.62. The van der Waals surface area contributed by atoms with Crippen LogP contribution in [0.4, 0.5) is 0 Å². The number of carbonyl (C=O) groups excluding carboxylic acids is 1. The zero-order valence-electron chi connectivity index (χ0n) is 12.5. The van der Waals surface area contributed by atoms with Gasteiger partial charge in [-0.15, -0.1) is 0 Å². The molecule has 1 rings (SSSR count). The van der Waals surface area contributed by atoms with Gasteiger partial charge in [0.1, 0.15) is 5.75 Å². The highest BCUT2D eigenvalue weighted by atomic mass is 35.5. The minimum Gasteiger partial charge on any atom is -0.493 e. The molecule has 0 bridgehead atoms. The fraction of sp³-hybridized carbons (Fsp3) is 0.533. The largest absolute Gasteiger partial charge is 0.493 e. The van der Waals surface area contributed by atoms with Crippen molar-refractivity contribution in [1.29, 1.82) is 0 Å². The average Bonchev–Trinajstić information content (AvgIpc) is 2.37. The molecule has 5 heteroatoms. The molecule has 0 spiro atoms. The number of halogens is 1. The lowest BCUT2D eigenvalue weighted by Crippen LogP contribution is -2.35. The van der Waals surface area contributed by atoms with Crippen LogP contribution in [0.3, 0.4) is 0 Å². The maximum absolute atomic E-state index is 11.1. The van der Waals surface area contributed by atoms with E-state index in [4.69, 9.17) is 16.3 Å². The van der Waals surface area contributed by atoms with Crippen molar-refractivity contribution < 1.29 is 14.3 Å². The Balaban J connectivity index is 2.67. The van der Waals surface area contributed by atoms with Gasteiger partial charge in [-0.1, -0.05) is 11.6 Å². The predicted octanol–water partition coefficient (Wildman–Crippen LogP) is 3.17. The van der Waals surface area contributed by atoms with E-state index in [0.29, 0.717) is 11.6 Å². The molecule has 0 unspecified atom stereocenters. The zero-order valence-corrected chi connectivity index (χ0v) is 13.2. The molecule has 0 atom stereocenters. The van der Waals surface area contributed by atoms with Gasteiger partial charge < -0.3 is 14.8 Å². The Bertz CT molecular complexity index is 455. The monoisotopic (exact) mass is 299 g/mol. The van der Waals surface area contributed by atoms with Gasteiger partial charge in [0, 0.05) is 22.7 Å². The van der Waals surface area contributed by atoms with Crippen molar-refractivity contribution in [3.63, 3.8) is 0 Å². The van der Waals surface area contributed by atoms with Crippen molar-refractivity contribution in [2.45, 2.75) is 39.3 Å². The summed E-state index contributed by atoms with van der Waals surface area (Å²) in [6, 6.07) is 5.46. The summed E-state index contributed by atoms with van der Waals surface area (Å²) in [5, 5.41) is 4.05. The summed E-state index contributed by atoms with van der Waals surface area (Å²) in [6.07, 6.45) is 0.227. The highest BCUT2D eigenvalue weighted by Crippen LogP contribution is 2.23.